The van der Waals surface area contributed by atoms with Crippen molar-refractivity contribution in [3.63, 3.8) is 0 Å². The second-order valence-corrected chi connectivity index (χ2v) is 4.20. The van der Waals surface area contributed by atoms with E-state index in [1.54, 1.807) is 6.92 Å². The van der Waals surface area contributed by atoms with Gasteiger partial charge in [0.15, 0.2) is 0 Å². The number of Topliss-reactive ketones (excluding diaryl/α,β-unsaturated/α-hetero) is 1. The zero-order valence-corrected chi connectivity index (χ0v) is 8.59. The smallest absolute Gasteiger partial charge is 0.130 e. The Kier molecular flexibility index (Phi) is 4.20. The second kappa shape index (κ2) is 5.21. The molecule has 1 rings (SSSR count). The Morgan fingerprint density at radius 3 is 2.54 bits per heavy atom. The van der Waals surface area contributed by atoms with Crippen molar-refractivity contribution >= 4 is 5.78 Å². The molecule has 1 fully saturated rings. The first kappa shape index (κ1) is 10.5. The van der Waals surface area contributed by atoms with E-state index in [1.165, 1.54) is 32.1 Å². The average molecular weight is 180 g/mol. The van der Waals surface area contributed by atoms with Crippen molar-refractivity contribution in [2.75, 3.05) is 0 Å². The topological polar surface area (TPSA) is 17.1 Å². The van der Waals surface area contributed by atoms with Gasteiger partial charge in [-0.1, -0.05) is 25.3 Å². The minimum Gasteiger partial charge on any atom is -0.300 e. The van der Waals surface area contributed by atoms with Gasteiger partial charge < -0.3 is 4.79 Å². The molecule has 0 aliphatic heterocycles. The molecule has 0 spiro atoms. The Morgan fingerprint density at radius 2 is 2.08 bits per heavy atom. The monoisotopic (exact) mass is 180 g/mol. The number of rotatable bonds is 4. The zero-order chi connectivity index (χ0) is 9.68. The Morgan fingerprint density at radius 1 is 1.46 bits per heavy atom. The van der Waals surface area contributed by atoms with Crippen molar-refractivity contribution in [2.24, 2.45) is 11.8 Å². The van der Waals surface area contributed by atoms with Crippen LogP contribution >= 0.6 is 0 Å². The number of allylic oxidation sites excluding steroid dienone is 1. The third-order valence-corrected chi connectivity index (χ3v) is 3.08. The third kappa shape index (κ3) is 3.33. The highest BCUT2D eigenvalue weighted by molar-refractivity contribution is 5.75. The van der Waals surface area contributed by atoms with Gasteiger partial charge in [0.2, 0.25) is 0 Å². The van der Waals surface area contributed by atoms with Gasteiger partial charge in [0.1, 0.15) is 5.78 Å². The zero-order valence-electron chi connectivity index (χ0n) is 8.59. The first-order valence-electron chi connectivity index (χ1n) is 5.36. The molecule has 0 saturated heterocycles. The van der Waals surface area contributed by atoms with Gasteiger partial charge in [0.05, 0.1) is 0 Å². The normalized spacial score (nSPS) is 21.0. The molecule has 13 heavy (non-hydrogen) atoms. The van der Waals surface area contributed by atoms with Crippen LogP contribution in [0.3, 0.4) is 0 Å². The van der Waals surface area contributed by atoms with E-state index in [2.05, 4.69) is 6.58 Å². The molecular weight excluding hydrogens is 160 g/mol. The van der Waals surface area contributed by atoms with Gasteiger partial charge in [-0.05, 0) is 31.6 Å². The van der Waals surface area contributed by atoms with Crippen molar-refractivity contribution < 1.29 is 4.79 Å². The van der Waals surface area contributed by atoms with E-state index in [9.17, 15) is 4.79 Å². The molecule has 0 N–H and O–H groups in total. The van der Waals surface area contributed by atoms with Crippen LogP contribution in [0.4, 0.5) is 0 Å². The lowest BCUT2D eigenvalue weighted by molar-refractivity contribution is -0.118. The summed E-state index contributed by atoms with van der Waals surface area (Å²) in [5.41, 5.74) is 0. The lowest BCUT2D eigenvalue weighted by atomic mass is 9.78. The van der Waals surface area contributed by atoms with Gasteiger partial charge in [-0.2, -0.15) is 0 Å². The second-order valence-electron chi connectivity index (χ2n) is 4.20. The van der Waals surface area contributed by atoms with Crippen LogP contribution in [-0.2, 0) is 4.79 Å². The molecule has 1 saturated carbocycles. The maximum absolute atomic E-state index is 11.0. The third-order valence-electron chi connectivity index (χ3n) is 3.08. The summed E-state index contributed by atoms with van der Waals surface area (Å²) in [6, 6.07) is 0. The Labute approximate surface area is 81.2 Å². The molecule has 1 atom stereocenters. The molecule has 1 aliphatic carbocycles. The molecule has 1 unspecified atom stereocenters. The molecular formula is C12H20O. The molecule has 0 aromatic heterocycles. The van der Waals surface area contributed by atoms with E-state index in [4.69, 9.17) is 0 Å². The first-order valence-corrected chi connectivity index (χ1v) is 5.36. The minimum atomic E-state index is 0.301. The van der Waals surface area contributed by atoms with Crippen molar-refractivity contribution in [2.45, 2.75) is 45.4 Å². The highest BCUT2D eigenvalue weighted by atomic mass is 16.1. The van der Waals surface area contributed by atoms with Crippen molar-refractivity contribution in [1.29, 1.82) is 0 Å². The largest absolute Gasteiger partial charge is 0.300 e. The van der Waals surface area contributed by atoms with Crippen LogP contribution in [0.5, 0.6) is 0 Å². The molecule has 0 aromatic rings. The van der Waals surface area contributed by atoms with Crippen LogP contribution in [0, 0.1) is 11.8 Å². The van der Waals surface area contributed by atoms with E-state index in [0.29, 0.717) is 18.1 Å². The number of hydrogen-bond acceptors (Lipinski definition) is 1. The lowest BCUT2D eigenvalue weighted by Gasteiger charge is -2.27. The van der Waals surface area contributed by atoms with Gasteiger partial charge in [-0.3, -0.25) is 0 Å². The maximum atomic E-state index is 11.0. The summed E-state index contributed by atoms with van der Waals surface area (Å²) in [6.07, 6.45) is 9.33. The summed E-state index contributed by atoms with van der Waals surface area (Å²) >= 11 is 0. The summed E-state index contributed by atoms with van der Waals surface area (Å²) in [5, 5.41) is 0. The molecule has 0 aromatic carbocycles. The summed E-state index contributed by atoms with van der Waals surface area (Å²) in [7, 11) is 0. The Balaban J connectivity index is 2.43. The quantitative estimate of drug-likeness (QED) is 0.606. The number of hydrogen-bond donors (Lipinski definition) is 0. The van der Waals surface area contributed by atoms with Crippen molar-refractivity contribution in [3.05, 3.63) is 12.7 Å². The fourth-order valence-electron chi connectivity index (χ4n) is 2.34. The SMILES string of the molecule is C=CC(CC(C)=O)C1CCCCC1. The van der Waals surface area contributed by atoms with Gasteiger partial charge >= 0.3 is 0 Å². The molecule has 74 valence electrons. The van der Waals surface area contributed by atoms with E-state index in [1.807, 2.05) is 6.08 Å². The van der Waals surface area contributed by atoms with Crippen LogP contribution < -0.4 is 0 Å². The van der Waals surface area contributed by atoms with Crippen LogP contribution in [0.2, 0.25) is 0 Å². The standard InChI is InChI=1S/C12H20O/c1-3-11(9-10(2)13)12-7-5-4-6-8-12/h3,11-12H,1,4-9H2,2H3. The minimum absolute atomic E-state index is 0.301. The lowest BCUT2D eigenvalue weighted by Crippen LogP contribution is -2.18. The molecule has 0 bridgehead atoms. The van der Waals surface area contributed by atoms with E-state index in [-0.39, 0.29) is 0 Å². The first-order chi connectivity index (χ1) is 6.24. The maximum Gasteiger partial charge on any atom is 0.130 e. The molecule has 0 radical (unpaired) electrons. The summed E-state index contributed by atoms with van der Waals surface area (Å²) in [4.78, 5) is 11.0. The predicted octanol–water partition coefficient (Wildman–Crippen LogP) is 3.35. The molecule has 1 heteroatoms. The van der Waals surface area contributed by atoms with Crippen LogP contribution in [0.15, 0.2) is 12.7 Å². The highest BCUT2D eigenvalue weighted by Gasteiger charge is 2.21. The molecule has 0 amide bonds. The van der Waals surface area contributed by atoms with Crippen LogP contribution in [0.25, 0.3) is 0 Å². The van der Waals surface area contributed by atoms with Gasteiger partial charge in [0, 0.05) is 6.42 Å². The number of carbonyl (C=O) groups is 1. The number of carbonyl (C=O) groups excluding carboxylic acids is 1. The van der Waals surface area contributed by atoms with Gasteiger partial charge in [-0.15, -0.1) is 6.58 Å². The predicted molar refractivity (Wildman–Crippen MR) is 55.6 cm³/mol. The van der Waals surface area contributed by atoms with Crippen molar-refractivity contribution in [3.8, 4) is 0 Å². The van der Waals surface area contributed by atoms with Crippen LogP contribution in [0.1, 0.15) is 45.4 Å². The fraction of sp³-hybridized carbons (Fsp3) is 0.750. The number of ketones is 1. The fourth-order valence-corrected chi connectivity index (χ4v) is 2.34. The Hall–Kier alpha value is -0.590. The average Bonchev–Trinajstić information content (AvgIpc) is 2.15. The summed E-state index contributed by atoms with van der Waals surface area (Å²) < 4.78 is 0. The van der Waals surface area contributed by atoms with E-state index >= 15 is 0 Å². The summed E-state index contributed by atoms with van der Waals surface area (Å²) in [6.45, 7) is 5.52. The van der Waals surface area contributed by atoms with E-state index in [0.717, 1.165) is 5.92 Å². The molecule has 1 aliphatic rings. The molecule has 0 heterocycles. The van der Waals surface area contributed by atoms with Gasteiger partial charge in [0.25, 0.3) is 0 Å². The van der Waals surface area contributed by atoms with Crippen molar-refractivity contribution in [1.82, 2.24) is 0 Å². The molecule has 1 nitrogen and oxygen atoms in total. The van der Waals surface area contributed by atoms with Gasteiger partial charge in [-0.25, -0.2) is 0 Å². The highest BCUT2D eigenvalue weighted by Crippen LogP contribution is 2.32. The van der Waals surface area contributed by atoms with Crippen LogP contribution in [-0.4, -0.2) is 5.78 Å². The Bertz CT molecular complexity index is 178. The van der Waals surface area contributed by atoms with E-state index < -0.39 is 0 Å². The summed E-state index contributed by atoms with van der Waals surface area (Å²) in [5.74, 6) is 1.48.